The van der Waals surface area contributed by atoms with Crippen LogP contribution in [0, 0.1) is 0 Å². The number of rotatable bonds is 5. The Morgan fingerprint density at radius 2 is 2.00 bits per heavy atom. The maximum atomic E-state index is 3.68. The number of likely N-dealkylation sites (N-methyl/N-ethyl adjacent to an activating group) is 1. The summed E-state index contributed by atoms with van der Waals surface area (Å²) >= 11 is 0. The van der Waals surface area contributed by atoms with Crippen molar-refractivity contribution in [2.75, 3.05) is 40.3 Å². The molecule has 1 N–H and O–H groups in total. The number of hydrogen-bond acceptors (Lipinski definition) is 3. The second-order valence-corrected chi connectivity index (χ2v) is 5.51. The van der Waals surface area contributed by atoms with Gasteiger partial charge in [0, 0.05) is 25.2 Å². The van der Waals surface area contributed by atoms with E-state index in [1.807, 2.05) is 0 Å². The van der Waals surface area contributed by atoms with Gasteiger partial charge < -0.3 is 15.1 Å². The van der Waals surface area contributed by atoms with Crippen molar-refractivity contribution >= 4 is 0 Å². The highest BCUT2D eigenvalue weighted by molar-refractivity contribution is 4.76. The Balaban J connectivity index is 2.20. The number of nitrogens with zero attached hydrogens (tertiary/aromatic N) is 2. The lowest BCUT2D eigenvalue weighted by Gasteiger charge is -2.24. The molecule has 0 aromatic rings. The molecule has 1 aliphatic rings. The van der Waals surface area contributed by atoms with Gasteiger partial charge in [0.1, 0.15) is 0 Å². The summed E-state index contributed by atoms with van der Waals surface area (Å²) in [7, 11) is 4.27. The van der Waals surface area contributed by atoms with Crippen LogP contribution in [-0.4, -0.2) is 62.2 Å². The number of nitrogens with one attached hydrogen (secondary N) is 1. The van der Waals surface area contributed by atoms with Gasteiger partial charge in [0.15, 0.2) is 0 Å². The minimum absolute atomic E-state index is 0.709. The van der Waals surface area contributed by atoms with E-state index < -0.39 is 0 Å². The number of hydrogen-bond donors (Lipinski definition) is 1. The third-order valence-corrected chi connectivity index (χ3v) is 3.49. The fraction of sp³-hybridized carbons (Fsp3) is 1.00. The summed E-state index contributed by atoms with van der Waals surface area (Å²) in [5.41, 5.74) is 0. The smallest absolute Gasteiger partial charge is 0.0101 e. The highest BCUT2D eigenvalue weighted by atomic mass is 15.2. The molecule has 0 aliphatic carbocycles. The van der Waals surface area contributed by atoms with Crippen LogP contribution >= 0.6 is 0 Å². The first-order chi connectivity index (χ1) is 7.59. The van der Waals surface area contributed by atoms with E-state index in [4.69, 9.17) is 0 Å². The van der Waals surface area contributed by atoms with Gasteiger partial charge in [0.25, 0.3) is 0 Å². The van der Waals surface area contributed by atoms with Gasteiger partial charge in [0.2, 0.25) is 0 Å². The molecule has 1 aliphatic heterocycles. The monoisotopic (exact) mass is 227 g/mol. The maximum Gasteiger partial charge on any atom is 0.0101 e. The van der Waals surface area contributed by atoms with E-state index in [0.29, 0.717) is 6.04 Å². The summed E-state index contributed by atoms with van der Waals surface area (Å²) in [5, 5.41) is 3.68. The molecule has 16 heavy (non-hydrogen) atoms. The van der Waals surface area contributed by atoms with Crippen LogP contribution in [0.4, 0.5) is 0 Å². The molecule has 3 heteroatoms. The van der Waals surface area contributed by atoms with Crippen molar-refractivity contribution in [3.8, 4) is 0 Å². The molecule has 0 saturated carbocycles. The molecule has 0 bridgehead atoms. The summed E-state index contributed by atoms with van der Waals surface area (Å²) in [6.07, 6.45) is 4.00. The number of likely N-dealkylation sites (tertiary alicyclic amines) is 1. The van der Waals surface area contributed by atoms with Crippen molar-refractivity contribution < 1.29 is 0 Å². The Bertz CT molecular complexity index is 180. The summed E-state index contributed by atoms with van der Waals surface area (Å²) in [6, 6.07) is 1.45. The second kappa shape index (κ2) is 7.25. The zero-order chi connectivity index (χ0) is 12.0. The van der Waals surface area contributed by atoms with Crippen LogP contribution in [0.1, 0.15) is 33.1 Å². The van der Waals surface area contributed by atoms with E-state index in [1.165, 1.54) is 32.4 Å². The van der Waals surface area contributed by atoms with E-state index in [9.17, 15) is 0 Å². The standard InChI is InChI=1S/C13H29N3/c1-12(2)16-9-5-6-13(7-10-16)14-8-11-15(3)4/h12-14H,5-11H2,1-4H3. The molecular formula is C13H29N3. The van der Waals surface area contributed by atoms with Gasteiger partial charge in [-0.15, -0.1) is 0 Å². The summed E-state index contributed by atoms with van der Waals surface area (Å²) in [5.74, 6) is 0. The van der Waals surface area contributed by atoms with Crippen LogP contribution in [-0.2, 0) is 0 Å². The Hall–Kier alpha value is -0.120. The molecule has 1 unspecified atom stereocenters. The zero-order valence-electron chi connectivity index (χ0n) is 11.5. The predicted octanol–water partition coefficient (Wildman–Crippen LogP) is 1.40. The third-order valence-electron chi connectivity index (χ3n) is 3.49. The molecule has 1 heterocycles. The van der Waals surface area contributed by atoms with E-state index in [1.54, 1.807) is 0 Å². The predicted molar refractivity (Wildman–Crippen MR) is 70.9 cm³/mol. The fourth-order valence-electron chi connectivity index (χ4n) is 2.33. The van der Waals surface area contributed by atoms with Crippen molar-refractivity contribution in [2.24, 2.45) is 0 Å². The van der Waals surface area contributed by atoms with Gasteiger partial charge in [-0.05, 0) is 60.3 Å². The molecule has 0 spiro atoms. The van der Waals surface area contributed by atoms with Crippen molar-refractivity contribution in [2.45, 2.75) is 45.2 Å². The second-order valence-electron chi connectivity index (χ2n) is 5.51. The molecule has 0 amide bonds. The first-order valence-corrected chi connectivity index (χ1v) is 6.71. The van der Waals surface area contributed by atoms with Gasteiger partial charge in [-0.1, -0.05) is 0 Å². The first-order valence-electron chi connectivity index (χ1n) is 6.71. The minimum Gasteiger partial charge on any atom is -0.313 e. The minimum atomic E-state index is 0.709. The highest BCUT2D eigenvalue weighted by Crippen LogP contribution is 2.13. The average molecular weight is 227 g/mol. The largest absolute Gasteiger partial charge is 0.313 e. The summed E-state index contributed by atoms with van der Waals surface area (Å²) < 4.78 is 0. The molecule has 0 aromatic carbocycles. The molecule has 1 atom stereocenters. The van der Waals surface area contributed by atoms with Crippen molar-refractivity contribution in [3.05, 3.63) is 0 Å². The molecule has 3 nitrogen and oxygen atoms in total. The van der Waals surface area contributed by atoms with Crippen LogP contribution in [0.3, 0.4) is 0 Å². The third kappa shape index (κ3) is 5.28. The van der Waals surface area contributed by atoms with Crippen molar-refractivity contribution in [3.63, 3.8) is 0 Å². The molecular weight excluding hydrogens is 198 g/mol. The van der Waals surface area contributed by atoms with Crippen LogP contribution in [0.5, 0.6) is 0 Å². The normalized spacial score (nSPS) is 24.0. The van der Waals surface area contributed by atoms with E-state index >= 15 is 0 Å². The van der Waals surface area contributed by atoms with E-state index in [0.717, 1.165) is 19.1 Å². The lowest BCUT2D eigenvalue weighted by molar-refractivity contribution is 0.228. The molecule has 1 saturated heterocycles. The van der Waals surface area contributed by atoms with Crippen molar-refractivity contribution in [1.82, 2.24) is 15.1 Å². The molecule has 0 aromatic heterocycles. The Kier molecular flexibility index (Phi) is 6.32. The van der Waals surface area contributed by atoms with Crippen LogP contribution in [0.2, 0.25) is 0 Å². The van der Waals surface area contributed by atoms with Gasteiger partial charge in [-0.2, -0.15) is 0 Å². The van der Waals surface area contributed by atoms with E-state index in [2.05, 4.69) is 43.1 Å². The topological polar surface area (TPSA) is 18.5 Å². The highest BCUT2D eigenvalue weighted by Gasteiger charge is 2.17. The van der Waals surface area contributed by atoms with Gasteiger partial charge in [0.05, 0.1) is 0 Å². The van der Waals surface area contributed by atoms with Gasteiger partial charge >= 0.3 is 0 Å². The van der Waals surface area contributed by atoms with Crippen LogP contribution < -0.4 is 5.32 Å². The Morgan fingerprint density at radius 3 is 2.62 bits per heavy atom. The molecule has 96 valence electrons. The lowest BCUT2D eigenvalue weighted by atomic mass is 10.1. The molecule has 0 radical (unpaired) electrons. The zero-order valence-corrected chi connectivity index (χ0v) is 11.5. The quantitative estimate of drug-likeness (QED) is 0.766. The lowest BCUT2D eigenvalue weighted by Crippen LogP contribution is -2.36. The van der Waals surface area contributed by atoms with Gasteiger partial charge in [-0.25, -0.2) is 0 Å². The fourth-order valence-corrected chi connectivity index (χ4v) is 2.33. The SMILES string of the molecule is CC(C)N1CCCC(NCCN(C)C)CC1. The summed E-state index contributed by atoms with van der Waals surface area (Å²) in [4.78, 5) is 4.84. The van der Waals surface area contributed by atoms with Crippen LogP contribution in [0.25, 0.3) is 0 Å². The molecule has 1 rings (SSSR count). The maximum absolute atomic E-state index is 3.68. The first kappa shape index (κ1) is 13.9. The molecule has 1 fully saturated rings. The van der Waals surface area contributed by atoms with Crippen LogP contribution in [0.15, 0.2) is 0 Å². The van der Waals surface area contributed by atoms with E-state index in [-0.39, 0.29) is 0 Å². The average Bonchev–Trinajstić information content (AvgIpc) is 2.42. The Labute approximate surface area is 101 Å². The summed E-state index contributed by atoms with van der Waals surface area (Å²) in [6.45, 7) is 9.42. The van der Waals surface area contributed by atoms with Crippen molar-refractivity contribution in [1.29, 1.82) is 0 Å². The van der Waals surface area contributed by atoms with Gasteiger partial charge in [-0.3, -0.25) is 0 Å². The Morgan fingerprint density at radius 1 is 1.25 bits per heavy atom.